The summed E-state index contributed by atoms with van der Waals surface area (Å²) in [5.41, 5.74) is 8.92. The van der Waals surface area contributed by atoms with E-state index in [4.69, 9.17) is 22.1 Å². The Kier molecular flexibility index (Phi) is 3.84. The molecule has 1 heterocycles. The van der Waals surface area contributed by atoms with E-state index in [2.05, 4.69) is 4.98 Å². The number of hydrogen-bond acceptors (Lipinski definition) is 3. The summed E-state index contributed by atoms with van der Waals surface area (Å²) >= 11 is 6.01. The highest BCUT2D eigenvalue weighted by atomic mass is 35.5. The van der Waals surface area contributed by atoms with Crippen molar-refractivity contribution in [1.29, 1.82) is 0 Å². The van der Waals surface area contributed by atoms with Gasteiger partial charge in [-0.1, -0.05) is 23.7 Å². The maximum absolute atomic E-state index is 6.23. The lowest BCUT2D eigenvalue weighted by molar-refractivity contribution is 0.404. The summed E-state index contributed by atoms with van der Waals surface area (Å²) in [6, 6.07) is 9.08. The van der Waals surface area contributed by atoms with E-state index in [-0.39, 0.29) is 6.04 Å². The number of methoxy groups -OCH3 is 1. The van der Waals surface area contributed by atoms with Gasteiger partial charge in [0.05, 0.1) is 13.2 Å². The molecule has 3 nitrogen and oxygen atoms in total. The van der Waals surface area contributed by atoms with Gasteiger partial charge >= 0.3 is 0 Å². The number of halogens is 1. The molecule has 1 atom stereocenters. The zero-order valence-corrected chi connectivity index (χ0v) is 11.1. The first-order valence-electron chi connectivity index (χ1n) is 5.64. The fraction of sp³-hybridized carbons (Fsp3) is 0.214. The highest BCUT2D eigenvalue weighted by Crippen LogP contribution is 2.27. The molecule has 0 radical (unpaired) electrons. The van der Waals surface area contributed by atoms with Gasteiger partial charge in [-0.15, -0.1) is 0 Å². The van der Waals surface area contributed by atoms with Crippen LogP contribution in [0.4, 0.5) is 0 Å². The normalized spacial score (nSPS) is 12.2. The molecule has 0 amide bonds. The van der Waals surface area contributed by atoms with E-state index in [1.54, 1.807) is 13.3 Å². The van der Waals surface area contributed by atoms with Gasteiger partial charge in [0.25, 0.3) is 0 Å². The van der Waals surface area contributed by atoms with E-state index in [1.165, 1.54) is 0 Å². The fourth-order valence-electron chi connectivity index (χ4n) is 1.83. The monoisotopic (exact) mass is 262 g/mol. The topological polar surface area (TPSA) is 48.1 Å². The van der Waals surface area contributed by atoms with Gasteiger partial charge in [-0.3, -0.25) is 4.98 Å². The van der Waals surface area contributed by atoms with E-state index >= 15 is 0 Å². The Morgan fingerprint density at radius 1 is 1.33 bits per heavy atom. The predicted molar refractivity (Wildman–Crippen MR) is 73.0 cm³/mol. The second kappa shape index (κ2) is 5.38. The largest absolute Gasteiger partial charge is 0.495 e. The van der Waals surface area contributed by atoms with Crippen molar-refractivity contribution in [2.45, 2.75) is 13.0 Å². The van der Waals surface area contributed by atoms with Crippen LogP contribution in [0.5, 0.6) is 5.75 Å². The summed E-state index contributed by atoms with van der Waals surface area (Å²) in [5, 5.41) is 0.735. The number of aryl methyl sites for hydroxylation is 1. The molecular formula is C14H15ClN2O. The Hall–Kier alpha value is -1.58. The van der Waals surface area contributed by atoms with E-state index in [9.17, 15) is 0 Å². The predicted octanol–water partition coefficient (Wildman–Crippen LogP) is 3.10. The van der Waals surface area contributed by atoms with Crippen LogP contribution in [0.25, 0.3) is 0 Å². The van der Waals surface area contributed by atoms with Gasteiger partial charge in [0, 0.05) is 11.2 Å². The second-order valence-electron chi connectivity index (χ2n) is 4.08. The van der Waals surface area contributed by atoms with Crippen LogP contribution >= 0.6 is 11.6 Å². The number of hydrogen-bond donors (Lipinski definition) is 1. The SMILES string of the molecule is COc1cccnc1C(N)c1ccc(Cl)c(C)c1. The number of rotatable bonds is 3. The molecule has 0 spiro atoms. The van der Waals surface area contributed by atoms with Crippen molar-refractivity contribution in [3.8, 4) is 5.75 Å². The van der Waals surface area contributed by atoms with Gasteiger partial charge in [-0.05, 0) is 36.2 Å². The number of pyridine rings is 1. The van der Waals surface area contributed by atoms with Crippen molar-refractivity contribution >= 4 is 11.6 Å². The number of benzene rings is 1. The van der Waals surface area contributed by atoms with Gasteiger partial charge in [-0.2, -0.15) is 0 Å². The average molecular weight is 263 g/mol. The molecule has 1 aromatic heterocycles. The smallest absolute Gasteiger partial charge is 0.142 e. The summed E-state index contributed by atoms with van der Waals surface area (Å²) in [5.74, 6) is 0.692. The molecule has 0 saturated carbocycles. The molecule has 0 fully saturated rings. The third kappa shape index (κ3) is 2.47. The molecular weight excluding hydrogens is 248 g/mol. The molecule has 94 valence electrons. The molecule has 0 saturated heterocycles. The number of nitrogens with two attached hydrogens (primary N) is 1. The van der Waals surface area contributed by atoms with Gasteiger partial charge in [0.1, 0.15) is 11.4 Å². The van der Waals surface area contributed by atoms with Gasteiger partial charge < -0.3 is 10.5 Å². The zero-order chi connectivity index (χ0) is 13.1. The van der Waals surface area contributed by atoms with Gasteiger partial charge in [0.15, 0.2) is 0 Å². The Morgan fingerprint density at radius 3 is 2.78 bits per heavy atom. The van der Waals surface area contributed by atoms with Crippen molar-refractivity contribution in [3.63, 3.8) is 0 Å². The molecule has 0 aliphatic carbocycles. The Labute approximate surface area is 112 Å². The molecule has 0 aliphatic rings. The first kappa shape index (κ1) is 12.9. The first-order chi connectivity index (χ1) is 8.63. The third-order valence-electron chi connectivity index (χ3n) is 2.86. The van der Waals surface area contributed by atoms with Crippen LogP contribution in [-0.4, -0.2) is 12.1 Å². The lowest BCUT2D eigenvalue weighted by atomic mass is 10.0. The Balaban J connectivity index is 2.41. The van der Waals surface area contributed by atoms with E-state index in [1.807, 2.05) is 37.3 Å². The summed E-state index contributed by atoms with van der Waals surface area (Å²) < 4.78 is 5.27. The lowest BCUT2D eigenvalue weighted by Crippen LogP contribution is -2.14. The molecule has 2 rings (SSSR count). The minimum Gasteiger partial charge on any atom is -0.495 e. The molecule has 2 N–H and O–H groups in total. The summed E-state index contributed by atoms with van der Waals surface area (Å²) in [4.78, 5) is 4.29. The van der Waals surface area contributed by atoms with Crippen LogP contribution in [0.2, 0.25) is 5.02 Å². The lowest BCUT2D eigenvalue weighted by Gasteiger charge is -2.15. The molecule has 0 bridgehead atoms. The highest BCUT2D eigenvalue weighted by Gasteiger charge is 2.15. The summed E-state index contributed by atoms with van der Waals surface area (Å²) in [6.07, 6.45) is 1.71. The molecule has 1 unspecified atom stereocenters. The van der Waals surface area contributed by atoms with E-state index < -0.39 is 0 Å². The minimum atomic E-state index is -0.322. The van der Waals surface area contributed by atoms with Gasteiger partial charge in [0.2, 0.25) is 0 Å². The average Bonchev–Trinajstić information content (AvgIpc) is 2.41. The minimum absolute atomic E-state index is 0.322. The van der Waals surface area contributed by atoms with Crippen molar-refractivity contribution in [3.05, 3.63) is 58.4 Å². The fourth-order valence-corrected chi connectivity index (χ4v) is 1.95. The molecule has 18 heavy (non-hydrogen) atoms. The van der Waals surface area contributed by atoms with Crippen LogP contribution in [0, 0.1) is 6.92 Å². The molecule has 1 aromatic carbocycles. The standard InChI is InChI=1S/C14H15ClN2O/c1-9-8-10(5-6-11(9)15)13(16)14-12(18-2)4-3-7-17-14/h3-8,13H,16H2,1-2H3. The van der Waals surface area contributed by atoms with Crippen LogP contribution in [0.1, 0.15) is 22.9 Å². The number of aromatic nitrogens is 1. The highest BCUT2D eigenvalue weighted by molar-refractivity contribution is 6.31. The molecule has 0 aliphatic heterocycles. The Bertz CT molecular complexity index is 557. The van der Waals surface area contributed by atoms with Crippen molar-refractivity contribution in [2.75, 3.05) is 7.11 Å². The quantitative estimate of drug-likeness (QED) is 0.925. The summed E-state index contributed by atoms with van der Waals surface area (Å²) in [6.45, 7) is 1.95. The van der Waals surface area contributed by atoms with Gasteiger partial charge in [-0.25, -0.2) is 0 Å². The Morgan fingerprint density at radius 2 is 2.11 bits per heavy atom. The van der Waals surface area contributed by atoms with Crippen molar-refractivity contribution in [1.82, 2.24) is 4.98 Å². The maximum atomic E-state index is 6.23. The van der Waals surface area contributed by atoms with Crippen LogP contribution in [0.15, 0.2) is 36.5 Å². The van der Waals surface area contributed by atoms with Crippen molar-refractivity contribution in [2.24, 2.45) is 5.73 Å². The molecule has 2 aromatic rings. The third-order valence-corrected chi connectivity index (χ3v) is 3.28. The summed E-state index contributed by atoms with van der Waals surface area (Å²) in [7, 11) is 1.61. The second-order valence-corrected chi connectivity index (χ2v) is 4.48. The van der Waals surface area contributed by atoms with Crippen molar-refractivity contribution < 1.29 is 4.74 Å². The molecule has 4 heteroatoms. The van der Waals surface area contributed by atoms with Crippen LogP contribution in [0.3, 0.4) is 0 Å². The number of ether oxygens (including phenoxy) is 1. The van der Waals surface area contributed by atoms with Crippen LogP contribution < -0.4 is 10.5 Å². The van der Waals surface area contributed by atoms with E-state index in [0.29, 0.717) is 5.75 Å². The number of nitrogens with zero attached hydrogens (tertiary/aromatic N) is 1. The zero-order valence-electron chi connectivity index (χ0n) is 10.4. The maximum Gasteiger partial charge on any atom is 0.142 e. The first-order valence-corrected chi connectivity index (χ1v) is 6.02. The van der Waals surface area contributed by atoms with Crippen LogP contribution in [-0.2, 0) is 0 Å². The van der Waals surface area contributed by atoms with E-state index in [0.717, 1.165) is 21.8 Å².